The Morgan fingerprint density at radius 2 is 1.42 bits per heavy atom. The van der Waals surface area contributed by atoms with Gasteiger partial charge in [0.1, 0.15) is 0 Å². The number of hydrogen-bond donors (Lipinski definition) is 0. The van der Waals surface area contributed by atoms with Crippen molar-refractivity contribution in [3.8, 4) is 0 Å². The van der Waals surface area contributed by atoms with E-state index in [0.29, 0.717) is 32.7 Å². The third kappa shape index (κ3) is 6.44. The molecule has 0 bridgehead atoms. The van der Waals surface area contributed by atoms with Crippen LogP contribution in [0.15, 0.2) is 36.4 Å². The Morgan fingerprint density at radius 3 is 2.09 bits per heavy atom. The Kier molecular flexibility index (Phi) is 8.15. The van der Waals surface area contributed by atoms with Crippen molar-refractivity contribution in [3.05, 3.63) is 42.0 Å². The molecule has 0 aromatic heterocycles. The van der Waals surface area contributed by atoms with Crippen molar-refractivity contribution in [2.45, 2.75) is 32.1 Å². The van der Waals surface area contributed by atoms with Gasteiger partial charge in [0.2, 0.25) is 17.7 Å². The van der Waals surface area contributed by atoms with Crippen molar-refractivity contribution >= 4 is 23.8 Å². The number of carbonyl (C=O) groups is 3. The van der Waals surface area contributed by atoms with E-state index in [9.17, 15) is 14.4 Å². The second-order valence-corrected chi connectivity index (χ2v) is 9.39. The number of carbonyl (C=O) groups excluding carboxylic acids is 3. The highest BCUT2D eigenvalue weighted by Crippen LogP contribution is 2.21. The molecule has 0 N–H and O–H groups in total. The summed E-state index contributed by atoms with van der Waals surface area (Å²) in [7, 11) is 0. The fourth-order valence-corrected chi connectivity index (χ4v) is 5.00. The zero-order chi connectivity index (χ0) is 23.0. The molecule has 3 aliphatic heterocycles. The zero-order valence-corrected chi connectivity index (χ0v) is 19.5. The molecule has 1 aromatic carbocycles. The van der Waals surface area contributed by atoms with Gasteiger partial charge in [0.05, 0.1) is 6.54 Å². The fourth-order valence-electron chi connectivity index (χ4n) is 5.00. The molecule has 0 unspecified atom stereocenters. The predicted octanol–water partition coefficient (Wildman–Crippen LogP) is 2.10. The van der Waals surface area contributed by atoms with Crippen LogP contribution in [0.3, 0.4) is 0 Å². The number of piperazine rings is 1. The van der Waals surface area contributed by atoms with Gasteiger partial charge in [-0.25, -0.2) is 0 Å². The normalized spacial score (nSPS) is 20.9. The minimum absolute atomic E-state index is 0.00585. The maximum Gasteiger partial charge on any atom is 0.246 e. The van der Waals surface area contributed by atoms with Crippen molar-refractivity contribution in [1.29, 1.82) is 0 Å². The number of likely N-dealkylation sites (tertiary alicyclic amines) is 2. The molecule has 3 amide bonds. The third-order valence-electron chi connectivity index (χ3n) is 7.13. The van der Waals surface area contributed by atoms with Crippen LogP contribution in [0.1, 0.15) is 37.7 Å². The van der Waals surface area contributed by atoms with Crippen LogP contribution >= 0.6 is 0 Å². The first kappa shape index (κ1) is 23.5. The van der Waals surface area contributed by atoms with Crippen LogP contribution < -0.4 is 0 Å². The number of nitrogens with zero attached hydrogens (tertiary/aromatic N) is 4. The first-order chi connectivity index (χ1) is 16.1. The van der Waals surface area contributed by atoms with Gasteiger partial charge in [-0.05, 0) is 43.7 Å². The van der Waals surface area contributed by atoms with Gasteiger partial charge in [-0.1, -0.05) is 30.3 Å². The summed E-state index contributed by atoms with van der Waals surface area (Å²) in [6.07, 6.45) is 8.36. The van der Waals surface area contributed by atoms with Crippen LogP contribution in [-0.4, -0.2) is 96.2 Å². The maximum absolute atomic E-state index is 13.0. The highest BCUT2D eigenvalue weighted by Gasteiger charge is 2.32. The lowest BCUT2D eigenvalue weighted by Gasteiger charge is -2.39. The lowest BCUT2D eigenvalue weighted by atomic mass is 9.95. The lowest BCUT2D eigenvalue weighted by molar-refractivity contribution is -0.141. The Bertz CT molecular complexity index is 834. The molecule has 3 aliphatic rings. The number of rotatable bonds is 5. The van der Waals surface area contributed by atoms with Crippen LogP contribution in [-0.2, 0) is 14.4 Å². The molecule has 3 fully saturated rings. The quantitative estimate of drug-likeness (QED) is 0.642. The van der Waals surface area contributed by atoms with Gasteiger partial charge in [0.15, 0.2) is 0 Å². The van der Waals surface area contributed by atoms with Crippen molar-refractivity contribution in [2.24, 2.45) is 5.92 Å². The van der Waals surface area contributed by atoms with E-state index in [0.717, 1.165) is 57.4 Å². The van der Waals surface area contributed by atoms with Gasteiger partial charge < -0.3 is 14.7 Å². The van der Waals surface area contributed by atoms with Gasteiger partial charge in [-0.15, -0.1) is 0 Å². The molecule has 33 heavy (non-hydrogen) atoms. The number of hydrogen-bond acceptors (Lipinski definition) is 4. The van der Waals surface area contributed by atoms with Gasteiger partial charge in [0.25, 0.3) is 0 Å². The fraction of sp³-hybridized carbons (Fsp3) is 0.577. The topological polar surface area (TPSA) is 64.2 Å². The van der Waals surface area contributed by atoms with E-state index < -0.39 is 0 Å². The average Bonchev–Trinajstić information content (AvgIpc) is 2.88. The summed E-state index contributed by atoms with van der Waals surface area (Å²) in [4.78, 5) is 46.0. The van der Waals surface area contributed by atoms with Crippen LogP contribution in [0.4, 0.5) is 0 Å². The third-order valence-corrected chi connectivity index (χ3v) is 7.13. The Hall–Kier alpha value is -2.67. The monoisotopic (exact) mass is 452 g/mol. The molecule has 3 saturated heterocycles. The molecule has 1 aromatic rings. The van der Waals surface area contributed by atoms with Crippen LogP contribution in [0.2, 0.25) is 0 Å². The van der Waals surface area contributed by atoms with Crippen molar-refractivity contribution in [2.75, 3.05) is 58.9 Å². The van der Waals surface area contributed by atoms with E-state index in [-0.39, 0.29) is 23.6 Å². The molecule has 0 atom stereocenters. The van der Waals surface area contributed by atoms with E-state index in [4.69, 9.17) is 0 Å². The summed E-state index contributed by atoms with van der Waals surface area (Å²) in [6, 6.07) is 9.80. The van der Waals surface area contributed by atoms with E-state index in [1.165, 1.54) is 6.42 Å². The highest BCUT2D eigenvalue weighted by atomic mass is 16.2. The zero-order valence-electron chi connectivity index (χ0n) is 19.5. The van der Waals surface area contributed by atoms with Crippen LogP contribution in [0, 0.1) is 5.92 Å². The summed E-state index contributed by atoms with van der Waals surface area (Å²) in [5, 5.41) is 0. The smallest absolute Gasteiger partial charge is 0.246 e. The predicted molar refractivity (Wildman–Crippen MR) is 128 cm³/mol. The van der Waals surface area contributed by atoms with Crippen LogP contribution in [0.5, 0.6) is 0 Å². The summed E-state index contributed by atoms with van der Waals surface area (Å²) in [6.45, 7) is 6.38. The first-order valence-corrected chi connectivity index (χ1v) is 12.4. The summed E-state index contributed by atoms with van der Waals surface area (Å²) >= 11 is 0. The molecule has 178 valence electrons. The van der Waals surface area contributed by atoms with E-state index in [2.05, 4.69) is 4.90 Å². The molecule has 0 radical (unpaired) electrons. The number of amides is 3. The molecular weight excluding hydrogens is 416 g/mol. The average molecular weight is 453 g/mol. The first-order valence-electron chi connectivity index (χ1n) is 12.4. The van der Waals surface area contributed by atoms with Gasteiger partial charge in [-0.3, -0.25) is 19.3 Å². The Balaban J connectivity index is 1.17. The minimum Gasteiger partial charge on any atom is -0.342 e. The van der Waals surface area contributed by atoms with E-state index in [1.54, 1.807) is 6.08 Å². The minimum atomic E-state index is -0.00585. The molecule has 7 heteroatoms. The van der Waals surface area contributed by atoms with Gasteiger partial charge >= 0.3 is 0 Å². The molecule has 7 nitrogen and oxygen atoms in total. The molecular formula is C26H36N4O3. The second kappa shape index (κ2) is 11.5. The molecule has 0 aliphatic carbocycles. The van der Waals surface area contributed by atoms with Crippen LogP contribution in [0.25, 0.3) is 6.08 Å². The van der Waals surface area contributed by atoms with Gasteiger partial charge in [0, 0.05) is 64.4 Å². The maximum atomic E-state index is 13.0. The van der Waals surface area contributed by atoms with E-state index >= 15 is 0 Å². The highest BCUT2D eigenvalue weighted by molar-refractivity contribution is 5.92. The standard InChI is InChI=1S/C26H36N4O3/c31-24(10-9-22-7-3-1-4-8-22)29-15-11-23(12-16-29)26(33)30-19-17-27(18-20-30)21-25(32)28-13-5-2-6-14-28/h1,3-4,7-10,23H,2,5-6,11-21H2/b10-9+. The summed E-state index contributed by atoms with van der Waals surface area (Å²) < 4.78 is 0. The number of benzene rings is 1. The van der Waals surface area contributed by atoms with Crippen molar-refractivity contribution in [3.63, 3.8) is 0 Å². The summed E-state index contributed by atoms with van der Waals surface area (Å²) in [5.74, 6) is 0.446. The largest absolute Gasteiger partial charge is 0.342 e. The van der Waals surface area contributed by atoms with Crippen molar-refractivity contribution < 1.29 is 14.4 Å². The van der Waals surface area contributed by atoms with Gasteiger partial charge in [-0.2, -0.15) is 0 Å². The van der Waals surface area contributed by atoms with Crippen molar-refractivity contribution in [1.82, 2.24) is 19.6 Å². The number of piperidine rings is 2. The molecule has 0 spiro atoms. The Labute approximate surface area is 197 Å². The second-order valence-electron chi connectivity index (χ2n) is 9.39. The van der Waals surface area contributed by atoms with E-state index in [1.807, 2.05) is 51.1 Å². The Morgan fingerprint density at radius 1 is 0.758 bits per heavy atom. The summed E-state index contributed by atoms with van der Waals surface area (Å²) in [5.41, 5.74) is 1.01. The molecule has 3 heterocycles. The molecule has 0 saturated carbocycles. The lowest BCUT2D eigenvalue weighted by Crippen LogP contribution is -2.53. The SMILES string of the molecule is O=C(/C=C/c1ccccc1)N1CCC(C(=O)N2CCN(CC(=O)N3CCCCC3)CC2)CC1. The molecule has 4 rings (SSSR count).